The van der Waals surface area contributed by atoms with Crippen LogP contribution in [0.25, 0.3) is 0 Å². The second-order valence-electron chi connectivity index (χ2n) is 7.55. The fourth-order valence-electron chi connectivity index (χ4n) is 4.08. The van der Waals surface area contributed by atoms with E-state index in [-0.39, 0.29) is 24.5 Å². The Morgan fingerprint density at radius 2 is 2.10 bits per heavy atom. The van der Waals surface area contributed by atoms with Crippen LogP contribution in [0.2, 0.25) is 5.02 Å². The van der Waals surface area contributed by atoms with E-state index in [0.717, 1.165) is 12.1 Å². The SMILES string of the molecule is C=CC(c1cc(OC)c(Cl)cc1C(N)=O)N1CCN(Cc2ccc(F)cc2)C[C@H]1CO. The fourth-order valence-corrected chi connectivity index (χ4v) is 4.32. The summed E-state index contributed by atoms with van der Waals surface area (Å²) in [4.78, 5) is 16.4. The number of ether oxygens (including phenoxy) is 1. The first-order valence-electron chi connectivity index (χ1n) is 10.0. The van der Waals surface area contributed by atoms with E-state index in [2.05, 4.69) is 16.4 Å². The first-order chi connectivity index (χ1) is 14.9. The molecule has 6 nitrogen and oxygen atoms in total. The molecule has 1 fully saturated rings. The number of carbonyl (C=O) groups is 1. The van der Waals surface area contributed by atoms with Gasteiger partial charge in [-0.1, -0.05) is 29.8 Å². The topological polar surface area (TPSA) is 79.0 Å². The maximum Gasteiger partial charge on any atom is 0.249 e. The van der Waals surface area contributed by atoms with Crippen LogP contribution in [0, 0.1) is 5.82 Å². The molecule has 31 heavy (non-hydrogen) atoms. The number of primary amides is 1. The van der Waals surface area contributed by atoms with Gasteiger partial charge >= 0.3 is 0 Å². The van der Waals surface area contributed by atoms with Crippen LogP contribution < -0.4 is 10.5 Å². The van der Waals surface area contributed by atoms with Crippen LogP contribution in [0.4, 0.5) is 4.39 Å². The molecule has 1 amide bonds. The molecule has 2 aromatic rings. The highest BCUT2D eigenvalue weighted by Crippen LogP contribution is 2.35. The highest BCUT2D eigenvalue weighted by Gasteiger charge is 2.33. The average Bonchev–Trinajstić information content (AvgIpc) is 2.77. The number of nitrogens with two attached hydrogens (primary N) is 1. The number of halogens is 2. The Bertz CT molecular complexity index is 938. The summed E-state index contributed by atoms with van der Waals surface area (Å²) < 4.78 is 18.5. The molecule has 1 unspecified atom stereocenters. The maximum atomic E-state index is 13.2. The van der Waals surface area contributed by atoms with E-state index in [0.29, 0.717) is 41.5 Å². The van der Waals surface area contributed by atoms with Crippen LogP contribution in [0.3, 0.4) is 0 Å². The Balaban J connectivity index is 1.84. The highest BCUT2D eigenvalue weighted by molar-refractivity contribution is 6.32. The number of rotatable bonds is 8. The van der Waals surface area contributed by atoms with Crippen molar-refractivity contribution in [1.29, 1.82) is 0 Å². The van der Waals surface area contributed by atoms with Crippen molar-refractivity contribution in [3.8, 4) is 5.75 Å². The second-order valence-corrected chi connectivity index (χ2v) is 7.96. The number of nitrogens with zero attached hydrogens (tertiary/aromatic N) is 2. The quantitative estimate of drug-likeness (QED) is 0.608. The zero-order chi connectivity index (χ0) is 22.5. The first-order valence-corrected chi connectivity index (χ1v) is 10.4. The van der Waals surface area contributed by atoms with Crippen LogP contribution in [-0.2, 0) is 6.54 Å². The minimum atomic E-state index is -0.595. The van der Waals surface area contributed by atoms with Gasteiger partial charge in [-0.05, 0) is 35.4 Å². The van der Waals surface area contributed by atoms with Crippen LogP contribution in [0.15, 0.2) is 49.1 Å². The molecule has 0 radical (unpaired) electrons. The molecule has 1 aliphatic heterocycles. The summed E-state index contributed by atoms with van der Waals surface area (Å²) in [6.45, 7) is 6.51. The van der Waals surface area contributed by atoms with Gasteiger partial charge in [0.1, 0.15) is 11.6 Å². The molecule has 0 aromatic heterocycles. The first kappa shape index (κ1) is 23.2. The van der Waals surface area contributed by atoms with Crippen molar-refractivity contribution in [2.75, 3.05) is 33.4 Å². The minimum Gasteiger partial charge on any atom is -0.495 e. The summed E-state index contributed by atoms with van der Waals surface area (Å²) in [7, 11) is 1.50. The van der Waals surface area contributed by atoms with Gasteiger partial charge in [0.15, 0.2) is 0 Å². The molecule has 0 aliphatic carbocycles. The van der Waals surface area contributed by atoms with Gasteiger partial charge in [0.2, 0.25) is 5.91 Å². The average molecular weight is 448 g/mol. The van der Waals surface area contributed by atoms with Crippen LogP contribution in [-0.4, -0.2) is 60.2 Å². The Hall–Kier alpha value is -2.45. The van der Waals surface area contributed by atoms with Crippen LogP contribution in [0.5, 0.6) is 5.75 Å². The van der Waals surface area contributed by atoms with Gasteiger partial charge in [-0.3, -0.25) is 14.6 Å². The molecule has 1 aliphatic rings. The number of benzene rings is 2. The molecule has 3 rings (SSSR count). The Labute approximate surface area is 186 Å². The Kier molecular flexibility index (Phi) is 7.67. The lowest BCUT2D eigenvalue weighted by atomic mass is 9.95. The molecule has 1 heterocycles. The molecule has 2 aromatic carbocycles. The van der Waals surface area contributed by atoms with Crippen molar-refractivity contribution >= 4 is 17.5 Å². The van der Waals surface area contributed by atoms with E-state index >= 15 is 0 Å². The summed E-state index contributed by atoms with van der Waals surface area (Å²) in [6.07, 6.45) is 1.73. The number of carbonyl (C=O) groups excluding carboxylic acids is 1. The predicted octanol–water partition coefficient (Wildman–Crippen LogP) is 2.99. The molecule has 8 heteroatoms. The normalized spacial score (nSPS) is 18.5. The number of methoxy groups -OCH3 is 1. The molecule has 0 bridgehead atoms. The second kappa shape index (κ2) is 10.2. The van der Waals surface area contributed by atoms with Gasteiger partial charge in [-0.2, -0.15) is 0 Å². The van der Waals surface area contributed by atoms with Gasteiger partial charge in [0, 0.05) is 37.8 Å². The number of hydrogen-bond donors (Lipinski definition) is 2. The lowest BCUT2D eigenvalue weighted by Gasteiger charge is -2.44. The fraction of sp³-hybridized carbons (Fsp3) is 0.348. The van der Waals surface area contributed by atoms with Crippen molar-refractivity contribution in [1.82, 2.24) is 9.80 Å². The molecule has 2 atom stereocenters. The zero-order valence-corrected chi connectivity index (χ0v) is 18.2. The molecular weight excluding hydrogens is 421 g/mol. The number of piperazine rings is 1. The van der Waals surface area contributed by atoms with Gasteiger partial charge in [0.25, 0.3) is 0 Å². The third kappa shape index (κ3) is 5.25. The zero-order valence-electron chi connectivity index (χ0n) is 17.4. The third-order valence-electron chi connectivity index (χ3n) is 5.63. The van der Waals surface area contributed by atoms with E-state index in [1.54, 1.807) is 24.3 Å². The number of amides is 1. The summed E-state index contributed by atoms with van der Waals surface area (Å²) in [6, 6.07) is 9.08. The number of aliphatic hydroxyl groups is 1. The van der Waals surface area contributed by atoms with Crippen LogP contribution in [0.1, 0.15) is 27.5 Å². The van der Waals surface area contributed by atoms with E-state index in [1.807, 2.05) is 0 Å². The van der Waals surface area contributed by atoms with Gasteiger partial charge in [-0.15, -0.1) is 6.58 Å². The number of hydrogen-bond acceptors (Lipinski definition) is 5. The van der Waals surface area contributed by atoms with E-state index in [9.17, 15) is 14.3 Å². The minimum absolute atomic E-state index is 0.0686. The van der Waals surface area contributed by atoms with Gasteiger partial charge < -0.3 is 15.6 Å². The smallest absolute Gasteiger partial charge is 0.249 e. The van der Waals surface area contributed by atoms with E-state index < -0.39 is 5.91 Å². The van der Waals surface area contributed by atoms with Gasteiger partial charge in [0.05, 0.1) is 24.8 Å². The standard InChI is InChI=1S/C23H27ClFN3O3/c1-3-21(18-11-22(31-2)20(24)10-19(18)23(26)30)28-9-8-27(13-17(28)14-29)12-15-4-6-16(25)7-5-15/h3-7,10-11,17,21,29H,1,8-9,12-14H2,2H3,(H2,26,30)/t17-,21?/m0/s1. The highest BCUT2D eigenvalue weighted by atomic mass is 35.5. The third-order valence-corrected chi connectivity index (χ3v) is 5.93. The summed E-state index contributed by atoms with van der Waals surface area (Å²) in [5.74, 6) is -0.426. The molecule has 3 N–H and O–H groups in total. The predicted molar refractivity (Wildman–Crippen MR) is 119 cm³/mol. The molecular formula is C23H27ClFN3O3. The van der Waals surface area contributed by atoms with Crippen molar-refractivity contribution in [2.45, 2.75) is 18.6 Å². The van der Waals surface area contributed by atoms with Crippen molar-refractivity contribution in [3.05, 3.63) is 76.6 Å². The van der Waals surface area contributed by atoms with Gasteiger partial charge in [-0.25, -0.2) is 4.39 Å². The van der Waals surface area contributed by atoms with Crippen LogP contribution >= 0.6 is 11.6 Å². The largest absolute Gasteiger partial charge is 0.495 e. The Morgan fingerprint density at radius 1 is 1.39 bits per heavy atom. The number of aliphatic hydroxyl groups excluding tert-OH is 1. The maximum absolute atomic E-state index is 13.2. The summed E-state index contributed by atoms with van der Waals surface area (Å²) in [5, 5.41) is 10.4. The van der Waals surface area contributed by atoms with E-state index in [4.69, 9.17) is 22.1 Å². The molecule has 0 spiro atoms. The summed E-state index contributed by atoms with van der Waals surface area (Å²) in [5.41, 5.74) is 7.54. The lowest BCUT2D eigenvalue weighted by Crippen LogP contribution is -2.55. The lowest BCUT2D eigenvalue weighted by molar-refractivity contribution is 0.0197. The molecule has 1 saturated heterocycles. The monoisotopic (exact) mass is 447 g/mol. The van der Waals surface area contributed by atoms with Crippen molar-refractivity contribution < 1.29 is 19.0 Å². The molecule has 0 saturated carbocycles. The van der Waals surface area contributed by atoms with E-state index in [1.165, 1.54) is 25.3 Å². The molecule has 166 valence electrons. The Morgan fingerprint density at radius 3 is 2.68 bits per heavy atom. The van der Waals surface area contributed by atoms with Crippen molar-refractivity contribution in [2.24, 2.45) is 5.73 Å². The summed E-state index contributed by atoms with van der Waals surface area (Å²) >= 11 is 6.20. The van der Waals surface area contributed by atoms with Crippen molar-refractivity contribution in [3.63, 3.8) is 0 Å².